The van der Waals surface area contributed by atoms with Crippen LogP contribution >= 0.6 is 0 Å². The first kappa shape index (κ1) is 16.4. The predicted octanol–water partition coefficient (Wildman–Crippen LogP) is 3.50. The summed E-state index contributed by atoms with van der Waals surface area (Å²) in [4.78, 5) is 17.0. The average Bonchev–Trinajstić information content (AvgIpc) is 2.79. The summed E-state index contributed by atoms with van der Waals surface area (Å²) in [6.07, 6.45) is 2.21. The first-order valence-corrected chi connectivity index (χ1v) is 8.42. The molecule has 2 aromatic rings. The van der Waals surface area contributed by atoms with Crippen LogP contribution in [-0.2, 0) is 11.2 Å². The van der Waals surface area contributed by atoms with Crippen molar-refractivity contribution >= 4 is 17.3 Å². The number of carbonyl (C=O) groups is 1. The summed E-state index contributed by atoms with van der Waals surface area (Å²) in [7, 11) is 3.75. The van der Waals surface area contributed by atoms with Crippen LogP contribution in [0, 0.1) is 0 Å². The minimum absolute atomic E-state index is 0.181. The molecule has 1 heterocycles. The maximum Gasteiger partial charge on any atom is 0.227 e. The maximum atomic E-state index is 12.8. The van der Waals surface area contributed by atoms with Crippen LogP contribution in [0.4, 0.5) is 11.4 Å². The first-order chi connectivity index (χ1) is 11.7. The molecular formula is C20H24N2O2. The van der Waals surface area contributed by atoms with E-state index in [-0.39, 0.29) is 5.91 Å². The van der Waals surface area contributed by atoms with Gasteiger partial charge in [0.1, 0.15) is 5.75 Å². The third kappa shape index (κ3) is 3.53. The number of hydrogen-bond acceptors (Lipinski definition) is 3. The zero-order chi connectivity index (χ0) is 16.9. The fourth-order valence-corrected chi connectivity index (χ4v) is 3.20. The molecule has 3 rings (SSSR count). The van der Waals surface area contributed by atoms with Crippen molar-refractivity contribution in [3.63, 3.8) is 0 Å². The van der Waals surface area contributed by atoms with E-state index in [2.05, 4.69) is 18.0 Å². The van der Waals surface area contributed by atoms with Gasteiger partial charge in [0.05, 0.1) is 18.5 Å². The Kier molecular flexibility index (Phi) is 5.04. The number of para-hydroxylation sites is 2. The van der Waals surface area contributed by atoms with E-state index in [1.165, 1.54) is 0 Å². The van der Waals surface area contributed by atoms with E-state index in [0.29, 0.717) is 6.42 Å². The number of hydrogen-bond donors (Lipinski definition) is 0. The normalized spacial score (nSPS) is 14.1. The molecule has 0 N–H and O–H groups in total. The topological polar surface area (TPSA) is 32.8 Å². The van der Waals surface area contributed by atoms with Gasteiger partial charge in [0.2, 0.25) is 5.91 Å². The lowest BCUT2D eigenvalue weighted by molar-refractivity contribution is -0.118. The monoisotopic (exact) mass is 324 g/mol. The molecule has 1 amide bonds. The lowest BCUT2D eigenvalue weighted by Crippen LogP contribution is -2.31. The van der Waals surface area contributed by atoms with E-state index in [0.717, 1.165) is 48.6 Å². The SMILES string of the molecule is COc1cccc(CCC(=O)N2CCCN(C)c3ccccc32)c1. The van der Waals surface area contributed by atoms with Crippen LogP contribution in [-0.4, -0.2) is 33.2 Å². The second kappa shape index (κ2) is 7.39. The standard InChI is InChI=1S/C20H24N2O2/c1-21-13-6-14-22(19-10-4-3-9-18(19)21)20(23)12-11-16-7-5-8-17(15-16)24-2/h3-5,7-10,15H,6,11-14H2,1-2H3. The Hall–Kier alpha value is -2.49. The number of anilines is 2. The highest BCUT2D eigenvalue weighted by atomic mass is 16.5. The number of amides is 1. The molecule has 126 valence electrons. The molecule has 4 nitrogen and oxygen atoms in total. The van der Waals surface area contributed by atoms with Crippen molar-refractivity contribution in [2.75, 3.05) is 37.0 Å². The number of aryl methyl sites for hydroxylation is 1. The largest absolute Gasteiger partial charge is 0.497 e. The Bertz CT molecular complexity index is 714. The highest BCUT2D eigenvalue weighted by molar-refractivity contribution is 5.97. The molecule has 0 aromatic heterocycles. The van der Waals surface area contributed by atoms with Crippen molar-refractivity contribution in [2.24, 2.45) is 0 Å². The Morgan fingerprint density at radius 1 is 1.08 bits per heavy atom. The van der Waals surface area contributed by atoms with E-state index >= 15 is 0 Å². The second-order valence-electron chi connectivity index (χ2n) is 6.16. The molecule has 0 unspecified atom stereocenters. The minimum atomic E-state index is 0.181. The fourth-order valence-electron chi connectivity index (χ4n) is 3.20. The fraction of sp³-hybridized carbons (Fsp3) is 0.350. The molecule has 0 aliphatic carbocycles. The molecule has 0 saturated carbocycles. The zero-order valence-corrected chi connectivity index (χ0v) is 14.4. The summed E-state index contributed by atoms with van der Waals surface area (Å²) in [5, 5.41) is 0. The number of nitrogens with zero attached hydrogens (tertiary/aromatic N) is 2. The van der Waals surface area contributed by atoms with Crippen LogP contribution in [0.5, 0.6) is 5.75 Å². The molecule has 0 radical (unpaired) electrons. The maximum absolute atomic E-state index is 12.8. The lowest BCUT2D eigenvalue weighted by atomic mass is 10.1. The predicted molar refractivity (Wildman–Crippen MR) is 98.0 cm³/mol. The summed E-state index contributed by atoms with van der Waals surface area (Å²) < 4.78 is 5.25. The van der Waals surface area contributed by atoms with E-state index < -0.39 is 0 Å². The minimum Gasteiger partial charge on any atom is -0.497 e. The van der Waals surface area contributed by atoms with E-state index in [9.17, 15) is 4.79 Å². The molecule has 0 fully saturated rings. The smallest absolute Gasteiger partial charge is 0.227 e. The number of carbonyl (C=O) groups excluding carboxylic acids is 1. The van der Waals surface area contributed by atoms with Gasteiger partial charge in [0.25, 0.3) is 0 Å². The molecule has 1 aliphatic heterocycles. The van der Waals surface area contributed by atoms with Gasteiger partial charge in [-0.3, -0.25) is 4.79 Å². The van der Waals surface area contributed by atoms with E-state index in [1.54, 1.807) is 7.11 Å². The van der Waals surface area contributed by atoms with Crippen LogP contribution in [0.1, 0.15) is 18.4 Å². The highest BCUT2D eigenvalue weighted by Crippen LogP contribution is 2.31. The van der Waals surface area contributed by atoms with Crippen molar-refractivity contribution in [1.29, 1.82) is 0 Å². The van der Waals surface area contributed by atoms with Gasteiger partial charge in [-0.05, 0) is 42.7 Å². The third-order valence-electron chi connectivity index (χ3n) is 4.52. The van der Waals surface area contributed by atoms with Crippen molar-refractivity contribution < 1.29 is 9.53 Å². The summed E-state index contributed by atoms with van der Waals surface area (Å²) in [6.45, 7) is 1.75. The number of fused-ring (bicyclic) bond motifs is 1. The van der Waals surface area contributed by atoms with Gasteiger partial charge in [0, 0.05) is 26.6 Å². The Morgan fingerprint density at radius 3 is 2.67 bits per heavy atom. The van der Waals surface area contributed by atoms with Gasteiger partial charge in [0.15, 0.2) is 0 Å². The molecule has 0 bridgehead atoms. The van der Waals surface area contributed by atoms with Crippen LogP contribution < -0.4 is 14.5 Å². The van der Waals surface area contributed by atoms with Crippen LogP contribution in [0.15, 0.2) is 48.5 Å². The Labute approximate surface area is 143 Å². The summed E-state index contributed by atoms with van der Waals surface area (Å²) in [5.74, 6) is 1.02. The molecule has 0 spiro atoms. The van der Waals surface area contributed by atoms with Crippen LogP contribution in [0.2, 0.25) is 0 Å². The van der Waals surface area contributed by atoms with Gasteiger partial charge in [-0.15, -0.1) is 0 Å². The zero-order valence-electron chi connectivity index (χ0n) is 14.4. The molecule has 0 saturated heterocycles. The van der Waals surface area contributed by atoms with Crippen molar-refractivity contribution in [3.8, 4) is 5.75 Å². The summed E-state index contributed by atoms with van der Waals surface area (Å²) in [6, 6.07) is 16.1. The first-order valence-electron chi connectivity index (χ1n) is 8.42. The molecule has 4 heteroatoms. The Balaban J connectivity index is 1.73. The van der Waals surface area contributed by atoms with Gasteiger partial charge in [-0.2, -0.15) is 0 Å². The molecule has 0 atom stereocenters. The highest BCUT2D eigenvalue weighted by Gasteiger charge is 2.22. The van der Waals surface area contributed by atoms with Crippen LogP contribution in [0.3, 0.4) is 0 Å². The van der Waals surface area contributed by atoms with Gasteiger partial charge >= 0.3 is 0 Å². The molecule has 1 aliphatic rings. The van der Waals surface area contributed by atoms with E-state index in [4.69, 9.17) is 4.74 Å². The molecule has 2 aromatic carbocycles. The number of ether oxygens (including phenoxy) is 1. The third-order valence-corrected chi connectivity index (χ3v) is 4.52. The van der Waals surface area contributed by atoms with Gasteiger partial charge in [-0.25, -0.2) is 0 Å². The van der Waals surface area contributed by atoms with Gasteiger partial charge < -0.3 is 14.5 Å². The van der Waals surface area contributed by atoms with E-state index in [1.807, 2.05) is 47.4 Å². The average molecular weight is 324 g/mol. The summed E-state index contributed by atoms with van der Waals surface area (Å²) in [5.41, 5.74) is 3.28. The van der Waals surface area contributed by atoms with Crippen molar-refractivity contribution in [2.45, 2.75) is 19.3 Å². The second-order valence-corrected chi connectivity index (χ2v) is 6.16. The molecular weight excluding hydrogens is 300 g/mol. The lowest BCUT2D eigenvalue weighted by Gasteiger charge is -2.24. The van der Waals surface area contributed by atoms with Gasteiger partial charge in [-0.1, -0.05) is 24.3 Å². The Morgan fingerprint density at radius 2 is 1.88 bits per heavy atom. The number of methoxy groups -OCH3 is 1. The van der Waals surface area contributed by atoms with Crippen molar-refractivity contribution in [1.82, 2.24) is 0 Å². The molecule has 24 heavy (non-hydrogen) atoms. The van der Waals surface area contributed by atoms with Crippen LogP contribution in [0.25, 0.3) is 0 Å². The summed E-state index contributed by atoms with van der Waals surface area (Å²) >= 11 is 0. The number of rotatable bonds is 4. The number of benzene rings is 2. The quantitative estimate of drug-likeness (QED) is 0.863. The van der Waals surface area contributed by atoms with Crippen molar-refractivity contribution in [3.05, 3.63) is 54.1 Å².